The molecule has 0 aliphatic carbocycles. The van der Waals surface area contributed by atoms with E-state index in [0.717, 1.165) is 18.8 Å². The van der Waals surface area contributed by atoms with Crippen LogP contribution in [0.3, 0.4) is 0 Å². The molecule has 162 valence electrons. The van der Waals surface area contributed by atoms with Crippen LogP contribution in [-0.4, -0.2) is 65.3 Å². The van der Waals surface area contributed by atoms with Crippen LogP contribution >= 0.6 is 0 Å². The van der Waals surface area contributed by atoms with E-state index in [4.69, 9.17) is 0 Å². The van der Waals surface area contributed by atoms with E-state index in [2.05, 4.69) is 9.98 Å². The molecule has 0 amide bonds. The maximum atomic E-state index is 13.2. The highest BCUT2D eigenvalue weighted by Gasteiger charge is 2.39. The molecule has 0 fully saturated rings. The van der Waals surface area contributed by atoms with E-state index in [-0.39, 0.29) is 4.90 Å². The van der Waals surface area contributed by atoms with Crippen molar-refractivity contribution in [3.05, 3.63) is 36.3 Å². The van der Waals surface area contributed by atoms with Crippen LogP contribution in [0.1, 0.15) is 19.2 Å². The Hall–Kier alpha value is -2.40. The van der Waals surface area contributed by atoms with Crippen molar-refractivity contribution in [1.29, 1.82) is 0 Å². The molecule has 0 radical (unpaired) electrons. The molecule has 11 heteroatoms. The lowest BCUT2D eigenvalue weighted by Gasteiger charge is -2.40. The summed E-state index contributed by atoms with van der Waals surface area (Å²) in [5, 5.41) is 0. The molecule has 0 saturated carbocycles. The zero-order valence-corrected chi connectivity index (χ0v) is 17.4. The van der Waals surface area contributed by atoms with Crippen molar-refractivity contribution in [2.75, 3.05) is 19.3 Å². The number of hydrogen-bond donors (Lipinski definition) is 0. The molecular formula is C19H22F3N5O2S. The van der Waals surface area contributed by atoms with Crippen molar-refractivity contribution in [3.63, 3.8) is 0 Å². The molecule has 2 aromatic rings. The molecule has 1 atom stereocenters. The lowest BCUT2D eigenvalue weighted by atomic mass is 10.2. The molecule has 1 aromatic carbocycles. The molecule has 4 rings (SSSR count). The minimum absolute atomic E-state index is 0.214. The topological polar surface area (TPSA) is 70.8 Å². The quantitative estimate of drug-likeness (QED) is 0.730. The highest BCUT2D eigenvalue weighted by molar-refractivity contribution is 7.90. The zero-order chi connectivity index (χ0) is 21.7. The van der Waals surface area contributed by atoms with Crippen LogP contribution in [0.25, 0.3) is 11.0 Å². The van der Waals surface area contributed by atoms with Gasteiger partial charge in [-0.2, -0.15) is 13.2 Å². The highest BCUT2D eigenvalue weighted by Crippen LogP contribution is 2.28. The van der Waals surface area contributed by atoms with E-state index >= 15 is 0 Å². The first kappa shape index (κ1) is 20.9. The summed E-state index contributed by atoms with van der Waals surface area (Å²) in [4.78, 5) is 12.4. The molecule has 2 aliphatic heterocycles. The third kappa shape index (κ3) is 3.83. The average molecular weight is 441 g/mol. The Labute approximate surface area is 172 Å². The number of aliphatic imine (C=N–C) groups is 1. The van der Waals surface area contributed by atoms with Crippen LogP contribution in [0.2, 0.25) is 0 Å². The Kier molecular flexibility index (Phi) is 5.13. The number of hydrogen-bond acceptors (Lipinski definition) is 6. The molecule has 7 nitrogen and oxygen atoms in total. The summed E-state index contributed by atoms with van der Waals surface area (Å²) in [5.41, 5.74) is 0.477. The van der Waals surface area contributed by atoms with Crippen LogP contribution in [0.5, 0.6) is 0 Å². The Bertz CT molecular complexity index is 1140. The van der Waals surface area contributed by atoms with Gasteiger partial charge in [-0.1, -0.05) is 6.92 Å². The smallest absolute Gasteiger partial charge is 0.344 e. The van der Waals surface area contributed by atoms with Crippen LogP contribution in [-0.2, 0) is 22.9 Å². The summed E-state index contributed by atoms with van der Waals surface area (Å²) in [6, 6.07) is 4.78. The number of aromatic nitrogens is 2. The Morgan fingerprint density at radius 3 is 2.67 bits per heavy atom. The van der Waals surface area contributed by atoms with Crippen LogP contribution in [0, 0.1) is 0 Å². The zero-order valence-electron chi connectivity index (χ0n) is 16.6. The summed E-state index contributed by atoms with van der Waals surface area (Å²) in [6.45, 7) is 3.81. The van der Waals surface area contributed by atoms with Gasteiger partial charge >= 0.3 is 6.18 Å². The van der Waals surface area contributed by atoms with E-state index in [1.165, 1.54) is 12.3 Å². The predicted molar refractivity (Wildman–Crippen MR) is 107 cm³/mol. The number of rotatable bonds is 4. The predicted octanol–water partition coefficient (Wildman–Crippen LogP) is 2.78. The Balaban J connectivity index is 1.67. The lowest BCUT2D eigenvalue weighted by molar-refractivity contribution is -0.0604. The maximum absolute atomic E-state index is 13.2. The third-order valence-electron chi connectivity index (χ3n) is 5.26. The molecule has 1 unspecified atom stereocenters. The van der Waals surface area contributed by atoms with Crippen molar-refractivity contribution < 1.29 is 21.6 Å². The average Bonchev–Trinajstić information content (AvgIpc) is 3.04. The molecule has 0 saturated heterocycles. The number of benzene rings is 1. The SMILES string of the molecule is CCCN1C=CC(C(F)(F)F)=NC1N1CCn2c(nc3ccc(S(C)(=O)=O)cc32)C1. The second-order valence-corrected chi connectivity index (χ2v) is 9.50. The molecule has 2 aliphatic rings. The minimum Gasteiger partial charge on any atom is -0.344 e. The molecule has 1 aromatic heterocycles. The molecule has 30 heavy (non-hydrogen) atoms. The molecule has 0 spiro atoms. The fourth-order valence-corrected chi connectivity index (χ4v) is 4.47. The van der Waals surface area contributed by atoms with Crippen LogP contribution in [0.4, 0.5) is 13.2 Å². The Morgan fingerprint density at radius 2 is 2.00 bits per heavy atom. The highest BCUT2D eigenvalue weighted by atomic mass is 32.2. The minimum atomic E-state index is -4.50. The van der Waals surface area contributed by atoms with E-state index in [1.54, 1.807) is 17.0 Å². The fraction of sp³-hybridized carbons (Fsp3) is 0.474. The summed E-state index contributed by atoms with van der Waals surface area (Å²) < 4.78 is 65.4. The van der Waals surface area contributed by atoms with Gasteiger partial charge in [0.25, 0.3) is 0 Å². The second kappa shape index (κ2) is 7.38. The first-order valence-electron chi connectivity index (χ1n) is 9.60. The molecular weight excluding hydrogens is 419 g/mol. The van der Waals surface area contributed by atoms with Crippen LogP contribution < -0.4 is 0 Å². The van der Waals surface area contributed by atoms with Gasteiger partial charge in [-0.3, -0.25) is 4.90 Å². The number of nitrogens with zero attached hydrogens (tertiary/aromatic N) is 5. The van der Waals surface area contributed by atoms with Crippen molar-refractivity contribution in [2.45, 2.75) is 43.8 Å². The van der Waals surface area contributed by atoms with Crippen molar-refractivity contribution >= 4 is 26.6 Å². The number of sulfone groups is 1. The third-order valence-corrected chi connectivity index (χ3v) is 6.37. The first-order chi connectivity index (χ1) is 14.1. The van der Waals surface area contributed by atoms with Crippen molar-refractivity contribution in [1.82, 2.24) is 19.4 Å². The van der Waals surface area contributed by atoms with Gasteiger partial charge in [0.15, 0.2) is 16.1 Å². The van der Waals surface area contributed by atoms with Gasteiger partial charge in [0.05, 0.1) is 22.5 Å². The summed E-state index contributed by atoms with van der Waals surface area (Å²) >= 11 is 0. The van der Waals surface area contributed by atoms with Gasteiger partial charge in [0.2, 0.25) is 0 Å². The maximum Gasteiger partial charge on any atom is 0.433 e. The van der Waals surface area contributed by atoms with E-state index in [9.17, 15) is 21.6 Å². The fourth-order valence-electron chi connectivity index (χ4n) is 3.83. The number of halogens is 3. The van der Waals surface area contributed by atoms with Gasteiger partial charge in [-0.05, 0) is 30.7 Å². The normalized spacial score (nSPS) is 20.5. The molecule has 0 bridgehead atoms. The van der Waals surface area contributed by atoms with E-state index in [1.807, 2.05) is 16.4 Å². The van der Waals surface area contributed by atoms with Gasteiger partial charge < -0.3 is 9.47 Å². The van der Waals surface area contributed by atoms with E-state index in [0.29, 0.717) is 43.0 Å². The van der Waals surface area contributed by atoms with Gasteiger partial charge in [0.1, 0.15) is 11.5 Å². The van der Waals surface area contributed by atoms with Gasteiger partial charge in [-0.25, -0.2) is 18.4 Å². The summed E-state index contributed by atoms with van der Waals surface area (Å²) in [6.07, 6.45) is -0.862. The summed E-state index contributed by atoms with van der Waals surface area (Å²) in [7, 11) is -3.35. The largest absolute Gasteiger partial charge is 0.433 e. The summed E-state index contributed by atoms with van der Waals surface area (Å²) in [5.74, 6) is 0.677. The first-order valence-corrected chi connectivity index (χ1v) is 11.5. The lowest BCUT2D eigenvalue weighted by Crippen LogP contribution is -2.50. The number of allylic oxidation sites excluding steroid dienone is 1. The molecule has 3 heterocycles. The van der Waals surface area contributed by atoms with Gasteiger partial charge in [0, 0.05) is 32.1 Å². The van der Waals surface area contributed by atoms with E-state index < -0.39 is 28.0 Å². The monoisotopic (exact) mass is 441 g/mol. The molecule has 0 N–H and O–H groups in total. The Morgan fingerprint density at radius 1 is 1.23 bits per heavy atom. The van der Waals surface area contributed by atoms with Crippen molar-refractivity contribution in [3.8, 4) is 0 Å². The second-order valence-electron chi connectivity index (χ2n) is 7.48. The van der Waals surface area contributed by atoms with Crippen molar-refractivity contribution in [2.24, 2.45) is 4.99 Å². The number of fused-ring (bicyclic) bond motifs is 3. The standard InChI is InChI=1S/C19H22F3N5O2S/c1-3-7-25-8-6-16(19(20,21)22)24-18(25)26-9-10-27-15-11-13(30(2,28)29)4-5-14(15)23-17(27)12-26/h4-6,8,11,18H,3,7,9-10,12H2,1-2H3. The van der Waals surface area contributed by atoms with Crippen LogP contribution in [0.15, 0.2) is 40.4 Å². The number of imidazole rings is 1. The number of alkyl halides is 3. The van der Waals surface area contributed by atoms with Gasteiger partial charge in [-0.15, -0.1) is 0 Å².